The highest BCUT2D eigenvalue weighted by atomic mass is 16.6. The Morgan fingerprint density at radius 3 is 2.46 bits per heavy atom. The number of hydrogen-bond donors (Lipinski definition) is 1. The van der Waals surface area contributed by atoms with Crippen LogP contribution in [0.2, 0.25) is 0 Å². The van der Waals surface area contributed by atoms with Crippen molar-refractivity contribution in [2.45, 2.75) is 13.8 Å². The first-order valence-electron chi connectivity index (χ1n) is 7.38. The van der Waals surface area contributed by atoms with Gasteiger partial charge in [0.2, 0.25) is 0 Å². The fraction of sp³-hybridized carbons (Fsp3) is 0.111. The number of nitrogens with one attached hydrogen (secondary N) is 1. The quantitative estimate of drug-likeness (QED) is 0.583. The second kappa shape index (κ2) is 6.08. The number of non-ortho nitro benzene ring substituents is 1. The molecule has 2 aromatic carbocycles. The van der Waals surface area contributed by atoms with Crippen LogP contribution in [-0.2, 0) is 0 Å². The van der Waals surface area contributed by atoms with E-state index in [2.05, 4.69) is 10.3 Å². The van der Waals surface area contributed by atoms with Gasteiger partial charge >= 0.3 is 0 Å². The molecule has 0 bridgehead atoms. The van der Waals surface area contributed by atoms with Gasteiger partial charge in [0.25, 0.3) is 11.6 Å². The second-order valence-electron chi connectivity index (χ2n) is 5.58. The number of nitro groups is 1. The SMILES string of the molecule is Cc1ccc2nc(C)c(C(=O)Nc3ccc([N+](=O)[O-])cc3)cc2c1. The van der Waals surface area contributed by atoms with Crippen LogP contribution < -0.4 is 5.32 Å². The van der Waals surface area contributed by atoms with Crippen LogP contribution in [0.3, 0.4) is 0 Å². The first kappa shape index (κ1) is 15.6. The van der Waals surface area contributed by atoms with E-state index in [1.165, 1.54) is 24.3 Å². The summed E-state index contributed by atoms with van der Waals surface area (Å²) in [5.41, 5.74) is 3.51. The highest BCUT2D eigenvalue weighted by Gasteiger charge is 2.13. The van der Waals surface area contributed by atoms with Crippen molar-refractivity contribution < 1.29 is 9.72 Å². The predicted molar refractivity (Wildman–Crippen MR) is 92.3 cm³/mol. The average Bonchev–Trinajstić information content (AvgIpc) is 2.55. The van der Waals surface area contributed by atoms with E-state index in [1.807, 2.05) is 31.2 Å². The number of carbonyl (C=O) groups excluding carboxylic acids is 1. The van der Waals surface area contributed by atoms with Gasteiger partial charge in [-0.2, -0.15) is 0 Å². The van der Waals surface area contributed by atoms with Crippen molar-refractivity contribution in [1.82, 2.24) is 4.98 Å². The topological polar surface area (TPSA) is 85.1 Å². The van der Waals surface area contributed by atoms with E-state index in [1.54, 1.807) is 6.92 Å². The van der Waals surface area contributed by atoms with Gasteiger partial charge < -0.3 is 5.32 Å². The Hall–Kier alpha value is -3.28. The summed E-state index contributed by atoms with van der Waals surface area (Å²) in [5.74, 6) is -0.294. The third-order valence-electron chi connectivity index (χ3n) is 3.74. The standard InChI is InChI=1S/C18H15N3O3/c1-11-3-8-17-13(9-11)10-16(12(2)19-17)18(22)20-14-4-6-15(7-5-14)21(23)24/h3-10H,1-2H3,(H,20,22). The van der Waals surface area contributed by atoms with Crippen LogP contribution in [-0.4, -0.2) is 15.8 Å². The summed E-state index contributed by atoms with van der Waals surface area (Å²) >= 11 is 0. The van der Waals surface area contributed by atoms with Crippen molar-refractivity contribution in [2.75, 3.05) is 5.32 Å². The Kier molecular flexibility index (Phi) is 3.95. The largest absolute Gasteiger partial charge is 0.322 e. The van der Waals surface area contributed by atoms with E-state index < -0.39 is 4.92 Å². The van der Waals surface area contributed by atoms with Crippen molar-refractivity contribution in [1.29, 1.82) is 0 Å². The molecule has 0 saturated heterocycles. The highest BCUT2D eigenvalue weighted by molar-refractivity contribution is 6.06. The number of pyridine rings is 1. The number of fused-ring (bicyclic) bond motifs is 1. The molecule has 0 aliphatic carbocycles. The van der Waals surface area contributed by atoms with Crippen molar-refractivity contribution >= 4 is 28.2 Å². The molecule has 6 heteroatoms. The van der Waals surface area contributed by atoms with Crippen LogP contribution in [0.25, 0.3) is 10.9 Å². The van der Waals surface area contributed by atoms with Crippen molar-refractivity contribution in [3.8, 4) is 0 Å². The first-order valence-corrected chi connectivity index (χ1v) is 7.38. The lowest BCUT2D eigenvalue weighted by molar-refractivity contribution is -0.384. The molecular weight excluding hydrogens is 306 g/mol. The van der Waals surface area contributed by atoms with Gasteiger partial charge in [-0.1, -0.05) is 11.6 Å². The van der Waals surface area contributed by atoms with Gasteiger partial charge in [0.15, 0.2) is 0 Å². The van der Waals surface area contributed by atoms with E-state index in [9.17, 15) is 14.9 Å². The molecule has 1 heterocycles. The Labute approximate surface area is 138 Å². The minimum atomic E-state index is -0.481. The lowest BCUT2D eigenvalue weighted by Gasteiger charge is -2.09. The molecule has 1 N–H and O–H groups in total. The number of aromatic nitrogens is 1. The number of nitro benzene ring substituents is 1. The Bertz CT molecular complexity index is 950. The molecular formula is C18H15N3O3. The zero-order valence-corrected chi connectivity index (χ0v) is 13.2. The number of amides is 1. The van der Waals surface area contributed by atoms with Gasteiger partial charge in [0, 0.05) is 23.2 Å². The maximum absolute atomic E-state index is 12.5. The Balaban J connectivity index is 1.90. The van der Waals surface area contributed by atoms with Gasteiger partial charge in [-0.25, -0.2) is 0 Å². The van der Waals surface area contributed by atoms with Crippen molar-refractivity contribution in [3.63, 3.8) is 0 Å². The summed E-state index contributed by atoms with van der Waals surface area (Å²) in [6.07, 6.45) is 0. The molecule has 24 heavy (non-hydrogen) atoms. The fourth-order valence-corrected chi connectivity index (χ4v) is 2.49. The summed E-state index contributed by atoms with van der Waals surface area (Å²) in [4.78, 5) is 27.1. The van der Waals surface area contributed by atoms with Crippen molar-refractivity contribution in [3.05, 3.63) is 75.5 Å². The van der Waals surface area contributed by atoms with Crippen LogP contribution >= 0.6 is 0 Å². The summed E-state index contributed by atoms with van der Waals surface area (Å²) in [5, 5.41) is 14.3. The molecule has 1 aromatic heterocycles. The van der Waals surface area contributed by atoms with Crippen LogP contribution in [0, 0.1) is 24.0 Å². The second-order valence-corrected chi connectivity index (χ2v) is 5.58. The van der Waals surface area contributed by atoms with E-state index in [-0.39, 0.29) is 11.6 Å². The third-order valence-corrected chi connectivity index (χ3v) is 3.74. The molecule has 120 valence electrons. The number of anilines is 1. The number of carbonyl (C=O) groups is 1. The van der Waals surface area contributed by atoms with Gasteiger partial charge in [-0.3, -0.25) is 19.9 Å². The minimum absolute atomic E-state index is 0.0213. The maximum Gasteiger partial charge on any atom is 0.269 e. The van der Waals surface area contributed by atoms with E-state index in [0.29, 0.717) is 16.9 Å². The van der Waals surface area contributed by atoms with Gasteiger partial charge in [-0.15, -0.1) is 0 Å². The van der Waals surface area contributed by atoms with E-state index in [4.69, 9.17) is 0 Å². The molecule has 0 aliphatic rings. The number of aryl methyl sites for hydroxylation is 2. The van der Waals surface area contributed by atoms with Crippen LogP contribution in [0.4, 0.5) is 11.4 Å². The zero-order valence-electron chi connectivity index (χ0n) is 13.2. The summed E-state index contributed by atoms with van der Waals surface area (Å²) in [7, 11) is 0. The van der Waals surface area contributed by atoms with Crippen molar-refractivity contribution in [2.24, 2.45) is 0 Å². The maximum atomic E-state index is 12.5. The fourth-order valence-electron chi connectivity index (χ4n) is 2.49. The summed E-state index contributed by atoms with van der Waals surface area (Å²) in [6, 6.07) is 13.4. The molecule has 0 radical (unpaired) electrons. The van der Waals surface area contributed by atoms with Crippen LogP contribution in [0.5, 0.6) is 0 Å². The molecule has 6 nitrogen and oxygen atoms in total. The van der Waals surface area contributed by atoms with Crippen LogP contribution in [0.1, 0.15) is 21.6 Å². The summed E-state index contributed by atoms with van der Waals surface area (Å²) in [6.45, 7) is 3.76. The molecule has 0 aliphatic heterocycles. The van der Waals surface area contributed by atoms with Gasteiger partial charge in [0.1, 0.15) is 0 Å². The molecule has 0 atom stereocenters. The predicted octanol–water partition coefficient (Wildman–Crippen LogP) is 4.01. The molecule has 3 aromatic rings. The Morgan fingerprint density at radius 2 is 1.79 bits per heavy atom. The van der Waals surface area contributed by atoms with Gasteiger partial charge in [-0.05, 0) is 44.2 Å². The minimum Gasteiger partial charge on any atom is -0.322 e. The number of benzene rings is 2. The lowest BCUT2D eigenvalue weighted by atomic mass is 10.1. The molecule has 0 fully saturated rings. The zero-order chi connectivity index (χ0) is 17.3. The molecule has 3 rings (SSSR count). The lowest BCUT2D eigenvalue weighted by Crippen LogP contribution is -2.14. The van der Waals surface area contributed by atoms with Crippen LogP contribution in [0.15, 0.2) is 48.5 Å². The monoisotopic (exact) mass is 321 g/mol. The number of hydrogen-bond acceptors (Lipinski definition) is 4. The molecule has 1 amide bonds. The number of nitrogens with zero attached hydrogens (tertiary/aromatic N) is 2. The molecule has 0 saturated carbocycles. The third kappa shape index (κ3) is 3.08. The van der Waals surface area contributed by atoms with E-state index in [0.717, 1.165) is 16.5 Å². The van der Waals surface area contributed by atoms with E-state index >= 15 is 0 Å². The summed E-state index contributed by atoms with van der Waals surface area (Å²) < 4.78 is 0. The molecule has 0 spiro atoms. The Morgan fingerprint density at radius 1 is 1.08 bits per heavy atom. The highest BCUT2D eigenvalue weighted by Crippen LogP contribution is 2.20. The first-order chi connectivity index (χ1) is 11.4. The number of rotatable bonds is 3. The average molecular weight is 321 g/mol. The normalized spacial score (nSPS) is 10.6. The molecule has 0 unspecified atom stereocenters. The van der Waals surface area contributed by atoms with Gasteiger partial charge in [0.05, 0.1) is 21.7 Å². The smallest absolute Gasteiger partial charge is 0.269 e.